The molecule has 0 aliphatic carbocycles. The number of furan rings is 1. The van der Waals surface area contributed by atoms with Gasteiger partial charge in [-0.3, -0.25) is 0 Å². The van der Waals surface area contributed by atoms with Crippen LogP contribution in [0.1, 0.15) is 49.1 Å². The van der Waals surface area contributed by atoms with Crippen LogP contribution in [0.5, 0.6) is 0 Å². The molecule has 1 N–H and O–H groups in total. The number of aryl methyl sites for hydroxylation is 1. The van der Waals surface area contributed by atoms with Crippen molar-refractivity contribution in [2.75, 3.05) is 0 Å². The van der Waals surface area contributed by atoms with Crippen LogP contribution in [-0.4, -0.2) is 16.7 Å². The van der Waals surface area contributed by atoms with Gasteiger partial charge in [-0.25, -0.2) is 4.79 Å². The fourth-order valence-corrected chi connectivity index (χ4v) is 1.14. The van der Waals surface area contributed by atoms with Gasteiger partial charge in [-0.2, -0.15) is 0 Å². The van der Waals surface area contributed by atoms with Gasteiger partial charge in [0.1, 0.15) is 5.76 Å². The Labute approximate surface area is 95.2 Å². The van der Waals surface area contributed by atoms with Crippen LogP contribution in [0.25, 0.3) is 0 Å². The summed E-state index contributed by atoms with van der Waals surface area (Å²) in [5.41, 5.74) is 0.589. The molecule has 0 atom stereocenters. The van der Waals surface area contributed by atoms with Crippen LogP contribution in [0.2, 0.25) is 0 Å². The van der Waals surface area contributed by atoms with Gasteiger partial charge in [-0.05, 0) is 33.3 Å². The zero-order valence-electron chi connectivity index (χ0n) is 10.2. The molecule has 16 heavy (non-hydrogen) atoms. The molecule has 0 aliphatic rings. The highest BCUT2D eigenvalue weighted by Gasteiger charge is 2.18. The molecule has 1 aromatic heterocycles. The number of carboxylic acids is 1. The highest BCUT2D eigenvalue weighted by Crippen LogP contribution is 2.20. The van der Waals surface area contributed by atoms with E-state index >= 15 is 0 Å². The molecule has 0 aromatic carbocycles. The van der Waals surface area contributed by atoms with Crippen molar-refractivity contribution in [3.63, 3.8) is 0 Å². The molecule has 1 aromatic rings. The first-order chi connectivity index (χ1) is 7.35. The number of hydrogen-bond donors (Lipinski definition) is 1. The van der Waals surface area contributed by atoms with E-state index in [1.165, 1.54) is 6.07 Å². The summed E-state index contributed by atoms with van der Waals surface area (Å²) in [6, 6.07) is 1.52. The molecule has 0 spiro atoms. The molecule has 4 heteroatoms. The average Bonchev–Trinajstić information content (AvgIpc) is 2.57. The second-order valence-corrected chi connectivity index (χ2v) is 4.40. The molecule has 1 rings (SSSR count). The van der Waals surface area contributed by atoms with Crippen molar-refractivity contribution in [2.45, 2.75) is 46.3 Å². The maximum absolute atomic E-state index is 10.7. The van der Waals surface area contributed by atoms with Crippen LogP contribution in [0.3, 0.4) is 0 Å². The van der Waals surface area contributed by atoms with E-state index in [4.69, 9.17) is 14.3 Å². The van der Waals surface area contributed by atoms with Crippen molar-refractivity contribution in [1.29, 1.82) is 0 Å². The minimum absolute atomic E-state index is 0.0367. The molecule has 0 bridgehead atoms. The summed E-state index contributed by atoms with van der Waals surface area (Å²) in [6.07, 6.45) is 0.898. The number of hydrogen-bond acceptors (Lipinski definition) is 3. The van der Waals surface area contributed by atoms with Gasteiger partial charge < -0.3 is 14.3 Å². The quantitative estimate of drug-likeness (QED) is 0.838. The van der Waals surface area contributed by atoms with Gasteiger partial charge in [-0.15, -0.1) is 0 Å². The molecule has 0 radical (unpaired) electrons. The second kappa shape index (κ2) is 4.70. The molecular weight excluding hydrogens is 208 g/mol. The maximum atomic E-state index is 10.7. The van der Waals surface area contributed by atoms with Gasteiger partial charge in [-0.1, -0.05) is 6.92 Å². The van der Waals surface area contributed by atoms with Gasteiger partial charge >= 0.3 is 5.97 Å². The summed E-state index contributed by atoms with van der Waals surface area (Å²) in [5, 5.41) is 8.76. The van der Waals surface area contributed by atoms with E-state index in [2.05, 4.69) is 0 Å². The van der Waals surface area contributed by atoms with E-state index in [9.17, 15) is 4.79 Å². The zero-order chi connectivity index (χ0) is 12.3. The average molecular weight is 226 g/mol. The van der Waals surface area contributed by atoms with Gasteiger partial charge in [0.25, 0.3) is 0 Å². The molecule has 0 unspecified atom stereocenters. The van der Waals surface area contributed by atoms with Crippen molar-refractivity contribution in [2.24, 2.45) is 0 Å². The Morgan fingerprint density at radius 1 is 1.56 bits per heavy atom. The minimum Gasteiger partial charge on any atom is -0.475 e. The van der Waals surface area contributed by atoms with Crippen molar-refractivity contribution in [3.8, 4) is 0 Å². The molecule has 0 aliphatic heterocycles. The Hall–Kier alpha value is -1.29. The van der Waals surface area contributed by atoms with Crippen LogP contribution in [0.15, 0.2) is 10.5 Å². The molecule has 1 heterocycles. The first-order valence-corrected chi connectivity index (χ1v) is 5.32. The summed E-state index contributed by atoms with van der Waals surface area (Å²) >= 11 is 0. The maximum Gasteiger partial charge on any atom is 0.371 e. The van der Waals surface area contributed by atoms with Crippen molar-refractivity contribution < 1.29 is 19.1 Å². The Morgan fingerprint density at radius 2 is 2.19 bits per heavy atom. The zero-order valence-corrected chi connectivity index (χ0v) is 10.2. The highest BCUT2D eigenvalue weighted by atomic mass is 16.5. The van der Waals surface area contributed by atoms with E-state index in [0.29, 0.717) is 12.4 Å². The predicted octanol–water partition coefficient (Wildman–Crippen LogP) is 2.99. The lowest BCUT2D eigenvalue weighted by Gasteiger charge is -2.23. The third-order valence-electron chi connectivity index (χ3n) is 2.70. The van der Waals surface area contributed by atoms with E-state index in [0.717, 1.165) is 12.0 Å². The first-order valence-electron chi connectivity index (χ1n) is 5.32. The summed E-state index contributed by atoms with van der Waals surface area (Å²) < 4.78 is 10.8. The topological polar surface area (TPSA) is 59.7 Å². The van der Waals surface area contributed by atoms with E-state index < -0.39 is 5.97 Å². The third kappa shape index (κ3) is 3.10. The summed E-state index contributed by atoms with van der Waals surface area (Å²) in [7, 11) is 0. The second-order valence-electron chi connectivity index (χ2n) is 4.40. The number of aromatic carboxylic acids is 1. The van der Waals surface area contributed by atoms with Gasteiger partial charge in [0.15, 0.2) is 0 Å². The molecule has 90 valence electrons. The minimum atomic E-state index is -1.05. The fourth-order valence-electron chi connectivity index (χ4n) is 1.14. The fraction of sp³-hybridized carbons (Fsp3) is 0.583. The van der Waals surface area contributed by atoms with Gasteiger partial charge in [0.05, 0.1) is 12.2 Å². The normalized spacial score (nSPS) is 11.8. The van der Waals surface area contributed by atoms with Crippen LogP contribution in [-0.2, 0) is 11.3 Å². The molecule has 0 saturated carbocycles. The SMILES string of the molecule is CCC(C)(C)OCc1cc(C(=O)O)oc1C. The van der Waals surface area contributed by atoms with Crippen LogP contribution in [0.4, 0.5) is 0 Å². The van der Waals surface area contributed by atoms with Crippen LogP contribution < -0.4 is 0 Å². The van der Waals surface area contributed by atoms with Crippen LogP contribution >= 0.6 is 0 Å². The van der Waals surface area contributed by atoms with Crippen LogP contribution in [0, 0.1) is 6.92 Å². The van der Waals surface area contributed by atoms with Gasteiger partial charge in [0, 0.05) is 5.56 Å². The third-order valence-corrected chi connectivity index (χ3v) is 2.70. The molecular formula is C12H18O4. The van der Waals surface area contributed by atoms with E-state index in [1.54, 1.807) is 6.92 Å². The Kier molecular flexibility index (Phi) is 3.75. The largest absolute Gasteiger partial charge is 0.475 e. The Bertz CT molecular complexity index is 376. The number of carbonyl (C=O) groups is 1. The molecule has 4 nitrogen and oxygen atoms in total. The first kappa shape index (κ1) is 12.8. The monoisotopic (exact) mass is 226 g/mol. The molecule has 0 saturated heterocycles. The Balaban J connectivity index is 2.71. The summed E-state index contributed by atoms with van der Waals surface area (Å²) in [6.45, 7) is 8.17. The van der Waals surface area contributed by atoms with E-state index in [-0.39, 0.29) is 11.4 Å². The van der Waals surface area contributed by atoms with Crippen molar-refractivity contribution >= 4 is 5.97 Å². The highest BCUT2D eigenvalue weighted by molar-refractivity contribution is 5.84. The smallest absolute Gasteiger partial charge is 0.371 e. The van der Waals surface area contributed by atoms with Crippen molar-refractivity contribution in [3.05, 3.63) is 23.2 Å². The van der Waals surface area contributed by atoms with Gasteiger partial charge in [0.2, 0.25) is 5.76 Å². The number of rotatable bonds is 5. The number of carboxylic acid groups (broad SMARTS) is 1. The lowest BCUT2D eigenvalue weighted by Crippen LogP contribution is -2.22. The molecule has 0 fully saturated rings. The van der Waals surface area contributed by atoms with E-state index in [1.807, 2.05) is 20.8 Å². The summed E-state index contributed by atoms with van der Waals surface area (Å²) in [5.74, 6) is -0.487. The van der Waals surface area contributed by atoms with Crippen molar-refractivity contribution in [1.82, 2.24) is 0 Å². The predicted molar refractivity (Wildman–Crippen MR) is 59.6 cm³/mol. The molecule has 0 amide bonds. The summed E-state index contributed by atoms with van der Waals surface area (Å²) in [4.78, 5) is 10.7. The number of ether oxygens (including phenoxy) is 1. The standard InChI is InChI=1S/C12H18O4/c1-5-12(3,4)15-7-9-6-10(11(13)14)16-8(9)2/h6H,5,7H2,1-4H3,(H,13,14). The Morgan fingerprint density at radius 3 is 2.62 bits per heavy atom. The lowest BCUT2D eigenvalue weighted by molar-refractivity contribution is -0.0320. The lowest BCUT2D eigenvalue weighted by atomic mass is 10.1.